The molecule has 0 saturated heterocycles. The molecule has 0 amide bonds. The average Bonchev–Trinajstić information content (AvgIpc) is 2.26. The maximum atomic E-state index is 3.25. The molecule has 0 heteroatoms. The second-order valence-corrected chi connectivity index (χ2v) is 3.86. The molecule has 2 rings (SSSR count). The molecule has 0 heterocycles. The van der Waals surface area contributed by atoms with Crippen LogP contribution < -0.4 is 0 Å². The molecule has 0 aliphatic heterocycles. The highest BCUT2D eigenvalue weighted by molar-refractivity contribution is 5.90. The van der Waals surface area contributed by atoms with Gasteiger partial charge in [-0.2, -0.15) is 0 Å². The van der Waals surface area contributed by atoms with Crippen molar-refractivity contribution < 1.29 is 0 Å². The third kappa shape index (κ3) is 2.18. The van der Waals surface area contributed by atoms with Gasteiger partial charge in [0, 0.05) is 0 Å². The van der Waals surface area contributed by atoms with Crippen molar-refractivity contribution in [3.8, 4) is 0 Å². The normalized spacial score (nSPS) is 9.73. The van der Waals surface area contributed by atoms with Crippen LogP contribution in [0.2, 0.25) is 0 Å². The van der Waals surface area contributed by atoms with Crippen molar-refractivity contribution in [2.24, 2.45) is 0 Å². The van der Waals surface area contributed by atoms with Gasteiger partial charge in [-0.3, -0.25) is 0 Å². The third-order valence-electron chi connectivity index (χ3n) is 2.34. The van der Waals surface area contributed by atoms with Crippen molar-refractivity contribution in [1.82, 2.24) is 0 Å². The van der Waals surface area contributed by atoms with Gasteiger partial charge in [0.2, 0.25) is 0 Å². The van der Waals surface area contributed by atoms with Crippen LogP contribution in [0.4, 0.5) is 0 Å². The highest BCUT2D eigenvalue weighted by Gasteiger charge is 1.95. The lowest BCUT2D eigenvalue weighted by Crippen LogP contribution is -1.76. The van der Waals surface area contributed by atoms with E-state index in [2.05, 4.69) is 68.1 Å². The van der Waals surface area contributed by atoms with E-state index in [9.17, 15) is 0 Å². The number of hydrogen-bond acceptors (Lipinski definition) is 0. The maximum absolute atomic E-state index is 3.25. The molecule has 15 heavy (non-hydrogen) atoms. The molecule has 0 aliphatic rings. The summed E-state index contributed by atoms with van der Waals surface area (Å²) in [5.41, 5.74) is 5.67. The van der Waals surface area contributed by atoms with Crippen LogP contribution in [-0.4, -0.2) is 0 Å². The topological polar surface area (TPSA) is 0 Å². The molecule has 2 aromatic rings. The summed E-state index contributed by atoms with van der Waals surface area (Å²) in [7, 11) is 0. The summed E-state index contributed by atoms with van der Waals surface area (Å²) >= 11 is 0. The van der Waals surface area contributed by atoms with Gasteiger partial charge in [-0.1, -0.05) is 42.5 Å². The van der Waals surface area contributed by atoms with E-state index in [1.165, 1.54) is 21.9 Å². The van der Waals surface area contributed by atoms with Gasteiger partial charge in [0.05, 0.1) is 0 Å². The molecular weight excluding hydrogens is 180 g/mol. The number of hydrogen-bond donors (Lipinski definition) is 0. The fourth-order valence-corrected chi connectivity index (χ4v) is 1.60. The standard InChI is InChI=1S/C15H14/c1-12(2)10-11-14-8-5-7-13-6-3-4-9-15(13)14/h3-9,11H,1-2H3. The number of benzene rings is 2. The Morgan fingerprint density at radius 2 is 1.73 bits per heavy atom. The minimum absolute atomic E-state index is 1.20. The first kappa shape index (κ1) is 9.76. The van der Waals surface area contributed by atoms with Crippen LogP contribution in [-0.2, 0) is 0 Å². The van der Waals surface area contributed by atoms with Gasteiger partial charge in [0.15, 0.2) is 0 Å². The van der Waals surface area contributed by atoms with Gasteiger partial charge >= 0.3 is 0 Å². The van der Waals surface area contributed by atoms with E-state index in [0.717, 1.165) is 0 Å². The van der Waals surface area contributed by atoms with E-state index in [1.807, 2.05) is 0 Å². The third-order valence-corrected chi connectivity index (χ3v) is 2.34. The summed E-state index contributed by atoms with van der Waals surface area (Å²) < 4.78 is 0. The molecule has 0 bridgehead atoms. The van der Waals surface area contributed by atoms with E-state index in [4.69, 9.17) is 0 Å². The molecule has 0 spiro atoms. The van der Waals surface area contributed by atoms with Crippen LogP contribution >= 0.6 is 0 Å². The minimum atomic E-state index is 1.20. The molecular formula is C15H14. The largest absolute Gasteiger partial charge is 0.122 e. The highest BCUT2D eigenvalue weighted by atomic mass is 14.0. The Morgan fingerprint density at radius 3 is 2.53 bits per heavy atom. The molecule has 0 nitrogen and oxygen atoms in total. The zero-order valence-electron chi connectivity index (χ0n) is 9.12. The Bertz CT molecular complexity index is 531. The van der Waals surface area contributed by atoms with Crippen LogP contribution in [0.25, 0.3) is 16.8 Å². The van der Waals surface area contributed by atoms with Gasteiger partial charge in [0.1, 0.15) is 0 Å². The quantitative estimate of drug-likeness (QED) is 0.589. The summed E-state index contributed by atoms with van der Waals surface area (Å²) in [6.07, 6.45) is 2.05. The zero-order chi connectivity index (χ0) is 10.7. The summed E-state index contributed by atoms with van der Waals surface area (Å²) in [5, 5.41) is 2.57. The highest BCUT2D eigenvalue weighted by Crippen LogP contribution is 2.19. The number of fused-ring (bicyclic) bond motifs is 1. The lowest BCUT2D eigenvalue weighted by molar-refractivity contribution is 1.41. The van der Waals surface area contributed by atoms with Crippen molar-refractivity contribution in [3.05, 3.63) is 59.3 Å². The van der Waals surface area contributed by atoms with Crippen molar-refractivity contribution in [2.45, 2.75) is 13.8 Å². The summed E-state index contributed by atoms with van der Waals surface area (Å²) in [6, 6.07) is 14.8. The minimum Gasteiger partial charge on any atom is -0.122 e. The summed E-state index contributed by atoms with van der Waals surface area (Å²) in [5.74, 6) is 0. The summed E-state index contributed by atoms with van der Waals surface area (Å²) in [6.45, 7) is 4.11. The van der Waals surface area contributed by atoms with Crippen molar-refractivity contribution in [1.29, 1.82) is 0 Å². The first-order valence-electron chi connectivity index (χ1n) is 5.15. The van der Waals surface area contributed by atoms with Crippen molar-refractivity contribution >= 4 is 16.8 Å². The van der Waals surface area contributed by atoms with Crippen LogP contribution in [0, 0.1) is 0 Å². The van der Waals surface area contributed by atoms with Gasteiger partial charge in [-0.15, -0.1) is 5.73 Å². The fourth-order valence-electron chi connectivity index (χ4n) is 1.60. The lowest BCUT2D eigenvalue weighted by Gasteiger charge is -2.00. The molecule has 2 aromatic carbocycles. The second-order valence-electron chi connectivity index (χ2n) is 3.86. The molecule has 0 saturated carbocycles. The Kier molecular flexibility index (Phi) is 2.71. The van der Waals surface area contributed by atoms with Crippen LogP contribution in [0.1, 0.15) is 19.4 Å². The molecule has 0 fully saturated rings. The van der Waals surface area contributed by atoms with Crippen molar-refractivity contribution in [2.75, 3.05) is 0 Å². The zero-order valence-corrected chi connectivity index (χ0v) is 9.12. The smallest absolute Gasteiger partial charge is 0.0101 e. The van der Waals surface area contributed by atoms with Crippen molar-refractivity contribution in [3.63, 3.8) is 0 Å². The molecule has 0 atom stereocenters. The maximum Gasteiger partial charge on any atom is -0.0101 e. The first-order valence-corrected chi connectivity index (χ1v) is 5.15. The summed E-state index contributed by atoms with van der Waals surface area (Å²) in [4.78, 5) is 0. The van der Waals surface area contributed by atoms with E-state index in [0.29, 0.717) is 0 Å². The first-order chi connectivity index (χ1) is 7.27. The Hall–Kier alpha value is -1.78. The SMILES string of the molecule is CC(C)=C=Cc1cccc2ccccc12. The Morgan fingerprint density at radius 1 is 1.00 bits per heavy atom. The number of allylic oxidation sites excluding steroid dienone is 1. The number of rotatable bonds is 1. The van der Waals surface area contributed by atoms with E-state index in [-0.39, 0.29) is 0 Å². The Balaban J connectivity index is 2.66. The predicted molar refractivity (Wildman–Crippen MR) is 66.8 cm³/mol. The molecule has 0 aliphatic carbocycles. The predicted octanol–water partition coefficient (Wildman–Crippen LogP) is 4.42. The van der Waals surface area contributed by atoms with Crippen LogP contribution in [0.3, 0.4) is 0 Å². The Labute approximate surface area is 90.6 Å². The monoisotopic (exact) mass is 194 g/mol. The average molecular weight is 194 g/mol. The van der Waals surface area contributed by atoms with Gasteiger partial charge in [-0.05, 0) is 41.8 Å². The molecule has 0 aromatic heterocycles. The second kappa shape index (κ2) is 4.16. The molecule has 0 N–H and O–H groups in total. The van der Waals surface area contributed by atoms with E-state index >= 15 is 0 Å². The van der Waals surface area contributed by atoms with Gasteiger partial charge < -0.3 is 0 Å². The van der Waals surface area contributed by atoms with Crippen LogP contribution in [0.15, 0.2) is 53.8 Å². The molecule has 0 radical (unpaired) electrons. The van der Waals surface area contributed by atoms with E-state index in [1.54, 1.807) is 0 Å². The van der Waals surface area contributed by atoms with E-state index < -0.39 is 0 Å². The van der Waals surface area contributed by atoms with Crippen LogP contribution in [0.5, 0.6) is 0 Å². The lowest BCUT2D eigenvalue weighted by atomic mass is 10.0. The fraction of sp³-hybridized carbons (Fsp3) is 0.133. The van der Waals surface area contributed by atoms with Gasteiger partial charge in [-0.25, -0.2) is 0 Å². The van der Waals surface area contributed by atoms with Gasteiger partial charge in [0.25, 0.3) is 0 Å². The molecule has 74 valence electrons. The molecule has 0 unspecified atom stereocenters.